The maximum atomic E-state index is 8.88. The summed E-state index contributed by atoms with van der Waals surface area (Å²) >= 11 is 0. The van der Waals surface area contributed by atoms with Gasteiger partial charge in [0, 0.05) is 12.4 Å². The third kappa shape index (κ3) is 2.03. The number of hydrogen-bond donors (Lipinski definition) is 1. The van der Waals surface area contributed by atoms with Crippen molar-refractivity contribution in [1.82, 2.24) is 14.5 Å². The zero-order valence-electron chi connectivity index (χ0n) is 9.29. The summed E-state index contributed by atoms with van der Waals surface area (Å²) < 4.78 is 6.87. The molecule has 0 fully saturated rings. The molecule has 0 aliphatic rings. The van der Waals surface area contributed by atoms with Gasteiger partial charge < -0.3 is 10.5 Å². The summed E-state index contributed by atoms with van der Waals surface area (Å²) in [5.41, 5.74) is 6.19. The van der Waals surface area contributed by atoms with E-state index >= 15 is 0 Å². The molecule has 0 bridgehead atoms. The molecule has 0 radical (unpaired) electrons. The van der Waals surface area contributed by atoms with Gasteiger partial charge in [0.15, 0.2) is 0 Å². The van der Waals surface area contributed by atoms with E-state index in [4.69, 9.17) is 15.7 Å². The standard InChI is InChI=1S/C11H11N5O/c1-2-17-11-8(13)3-4-9(15-11)16-6-5-14-10(16)7-12/h3-6H,2,13H2,1H3. The van der Waals surface area contributed by atoms with Crippen LogP contribution in [0.4, 0.5) is 5.69 Å². The molecule has 0 aromatic carbocycles. The Morgan fingerprint density at radius 1 is 1.53 bits per heavy atom. The summed E-state index contributed by atoms with van der Waals surface area (Å²) in [7, 11) is 0. The predicted molar refractivity (Wildman–Crippen MR) is 61.7 cm³/mol. The van der Waals surface area contributed by atoms with Gasteiger partial charge in [0.05, 0.1) is 12.3 Å². The van der Waals surface area contributed by atoms with Gasteiger partial charge in [-0.15, -0.1) is 0 Å². The average molecular weight is 229 g/mol. The molecule has 0 saturated carbocycles. The largest absolute Gasteiger partial charge is 0.476 e. The van der Waals surface area contributed by atoms with Gasteiger partial charge in [-0.3, -0.25) is 4.57 Å². The van der Waals surface area contributed by atoms with Crippen molar-refractivity contribution in [3.8, 4) is 17.8 Å². The molecule has 17 heavy (non-hydrogen) atoms. The number of aromatic nitrogens is 3. The van der Waals surface area contributed by atoms with Crippen LogP contribution in [-0.4, -0.2) is 21.1 Å². The van der Waals surface area contributed by atoms with E-state index in [-0.39, 0.29) is 5.82 Å². The average Bonchev–Trinajstić information content (AvgIpc) is 2.80. The van der Waals surface area contributed by atoms with Crippen molar-refractivity contribution in [2.24, 2.45) is 0 Å². The van der Waals surface area contributed by atoms with Gasteiger partial charge in [-0.2, -0.15) is 10.2 Å². The first kappa shape index (κ1) is 11.0. The van der Waals surface area contributed by atoms with Crippen LogP contribution in [0, 0.1) is 11.3 Å². The fourth-order valence-corrected chi connectivity index (χ4v) is 1.40. The summed E-state index contributed by atoms with van der Waals surface area (Å²) in [5.74, 6) is 1.18. The Bertz CT molecular complexity index is 569. The molecule has 2 N–H and O–H groups in total. The highest BCUT2D eigenvalue weighted by molar-refractivity contribution is 5.51. The van der Waals surface area contributed by atoms with Crippen molar-refractivity contribution in [1.29, 1.82) is 5.26 Å². The Hall–Kier alpha value is -2.55. The summed E-state index contributed by atoms with van der Waals surface area (Å²) in [6, 6.07) is 5.38. The first-order chi connectivity index (χ1) is 8.26. The zero-order chi connectivity index (χ0) is 12.3. The van der Waals surface area contributed by atoms with Crippen molar-refractivity contribution >= 4 is 5.69 Å². The number of imidazole rings is 1. The van der Waals surface area contributed by atoms with Gasteiger partial charge in [-0.25, -0.2) is 4.98 Å². The van der Waals surface area contributed by atoms with Crippen molar-refractivity contribution in [2.75, 3.05) is 12.3 Å². The van der Waals surface area contributed by atoms with Crippen LogP contribution in [0.25, 0.3) is 5.82 Å². The second kappa shape index (κ2) is 4.53. The number of rotatable bonds is 3. The van der Waals surface area contributed by atoms with Crippen LogP contribution in [0.5, 0.6) is 5.88 Å². The smallest absolute Gasteiger partial charge is 0.239 e. The normalized spacial score (nSPS) is 9.88. The van der Waals surface area contributed by atoms with Gasteiger partial charge >= 0.3 is 0 Å². The molecule has 0 aliphatic carbocycles. The molecule has 0 unspecified atom stereocenters. The fraction of sp³-hybridized carbons (Fsp3) is 0.182. The molecule has 6 nitrogen and oxygen atoms in total. The lowest BCUT2D eigenvalue weighted by Gasteiger charge is -2.08. The summed E-state index contributed by atoms with van der Waals surface area (Å²) in [6.07, 6.45) is 3.20. The molecule has 2 rings (SSSR count). The summed E-state index contributed by atoms with van der Waals surface area (Å²) in [4.78, 5) is 8.14. The molecular formula is C11H11N5O. The number of ether oxygens (including phenoxy) is 1. The van der Waals surface area contributed by atoms with E-state index in [1.54, 1.807) is 22.9 Å². The first-order valence-corrected chi connectivity index (χ1v) is 5.09. The van der Waals surface area contributed by atoms with Gasteiger partial charge in [-0.05, 0) is 19.1 Å². The SMILES string of the molecule is CCOc1nc(-n2ccnc2C#N)ccc1N. The number of anilines is 1. The van der Waals surface area contributed by atoms with Crippen molar-refractivity contribution in [3.63, 3.8) is 0 Å². The number of hydrogen-bond acceptors (Lipinski definition) is 5. The molecule has 6 heteroatoms. The van der Waals surface area contributed by atoms with E-state index < -0.39 is 0 Å². The van der Waals surface area contributed by atoms with E-state index in [2.05, 4.69) is 9.97 Å². The molecule has 0 saturated heterocycles. The Morgan fingerprint density at radius 2 is 2.35 bits per heavy atom. The third-order valence-corrected chi connectivity index (χ3v) is 2.14. The highest BCUT2D eigenvalue weighted by Crippen LogP contribution is 2.20. The Labute approximate surface area is 98.3 Å². The van der Waals surface area contributed by atoms with E-state index in [0.717, 1.165) is 0 Å². The maximum absolute atomic E-state index is 8.88. The number of nitriles is 1. The van der Waals surface area contributed by atoms with E-state index in [1.165, 1.54) is 6.20 Å². The Balaban J connectivity index is 2.47. The van der Waals surface area contributed by atoms with Crippen LogP contribution < -0.4 is 10.5 Å². The highest BCUT2D eigenvalue weighted by Gasteiger charge is 2.08. The number of nitrogens with two attached hydrogens (primary N) is 1. The van der Waals surface area contributed by atoms with Crippen molar-refractivity contribution in [3.05, 3.63) is 30.4 Å². The third-order valence-electron chi connectivity index (χ3n) is 2.14. The first-order valence-electron chi connectivity index (χ1n) is 5.09. The Kier molecular flexibility index (Phi) is 2.92. The van der Waals surface area contributed by atoms with Gasteiger partial charge in [0.2, 0.25) is 11.7 Å². The molecule has 0 spiro atoms. The maximum Gasteiger partial charge on any atom is 0.239 e. The van der Waals surface area contributed by atoms with E-state index in [9.17, 15) is 0 Å². The van der Waals surface area contributed by atoms with E-state index in [1.807, 2.05) is 13.0 Å². The monoisotopic (exact) mass is 229 g/mol. The van der Waals surface area contributed by atoms with Crippen molar-refractivity contribution < 1.29 is 4.74 Å². The number of nitrogens with zero attached hydrogens (tertiary/aromatic N) is 4. The number of pyridine rings is 1. The minimum atomic E-state index is 0.268. The molecular weight excluding hydrogens is 218 g/mol. The molecule has 0 aliphatic heterocycles. The highest BCUT2D eigenvalue weighted by atomic mass is 16.5. The fourth-order valence-electron chi connectivity index (χ4n) is 1.40. The van der Waals surface area contributed by atoms with Crippen LogP contribution in [0.1, 0.15) is 12.7 Å². The minimum absolute atomic E-state index is 0.268. The van der Waals surface area contributed by atoms with Crippen LogP contribution in [0.3, 0.4) is 0 Å². The molecule has 2 heterocycles. The van der Waals surface area contributed by atoms with Crippen LogP contribution in [0.15, 0.2) is 24.5 Å². The zero-order valence-corrected chi connectivity index (χ0v) is 9.29. The van der Waals surface area contributed by atoms with Gasteiger partial charge in [-0.1, -0.05) is 0 Å². The second-order valence-electron chi connectivity index (χ2n) is 3.23. The number of nitrogen functional groups attached to an aromatic ring is 1. The quantitative estimate of drug-likeness (QED) is 0.851. The van der Waals surface area contributed by atoms with Crippen LogP contribution in [-0.2, 0) is 0 Å². The second-order valence-corrected chi connectivity index (χ2v) is 3.23. The lowest BCUT2D eigenvalue weighted by molar-refractivity contribution is 0.328. The lowest BCUT2D eigenvalue weighted by Crippen LogP contribution is -2.04. The van der Waals surface area contributed by atoms with Gasteiger partial charge in [0.25, 0.3) is 0 Å². The summed E-state index contributed by atoms with van der Waals surface area (Å²) in [5, 5.41) is 8.88. The Morgan fingerprint density at radius 3 is 3.06 bits per heavy atom. The molecule has 2 aromatic rings. The minimum Gasteiger partial charge on any atom is -0.476 e. The van der Waals surface area contributed by atoms with E-state index in [0.29, 0.717) is 24.0 Å². The van der Waals surface area contributed by atoms with Crippen molar-refractivity contribution in [2.45, 2.75) is 6.92 Å². The molecule has 0 amide bonds. The van der Waals surface area contributed by atoms with Crippen LogP contribution >= 0.6 is 0 Å². The summed E-state index contributed by atoms with van der Waals surface area (Å²) in [6.45, 7) is 2.33. The molecule has 86 valence electrons. The topological polar surface area (TPSA) is 89.8 Å². The van der Waals surface area contributed by atoms with Crippen LogP contribution in [0.2, 0.25) is 0 Å². The molecule has 2 aromatic heterocycles. The molecule has 0 atom stereocenters. The lowest BCUT2D eigenvalue weighted by atomic mass is 10.4. The van der Waals surface area contributed by atoms with Gasteiger partial charge in [0.1, 0.15) is 11.9 Å². The predicted octanol–water partition coefficient (Wildman–Crippen LogP) is 1.12.